The maximum Gasteiger partial charge on any atom is 0.491 e. The monoisotopic (exact) mass is 458 g/mol. The Morgan fingerprint density at radius 3 is 2.44 bits per heavy atom. The van der Waals surface area contributed by atoms with Crippen molar-refractivity contribution in [3.63, 3.8) is 0 Å². The summed E-state index contributed by atoms with van der Waals surface area (Å²) in [6, 6.07) is 17.1. The van der Waals surface area contributed by atoms with Crippen LogP contribution in [0.3, 0.4) is 0 Å². The van der Waals surface area contributed by atoms with E-state index < -0.39 is 12.9 Å². The average Bonchev–Trinajstić information content (AvgIpc) is 3.60. The van der Waals surface area contributed by atoms with E-state index in [0.717, 1.165) is 51.9 Å². The van der Waals surface area contributed by atoms with Gasteiger partial charge in [0.25, 0.3) is 0 Å². The molecule has 0 amide bonds. The number of furan rings is 1. The third-order valence-corrected chi connectivity index (χ3v) is 6.47. The van der Waals surface area contributed by atoms with Crippen LogP contribution in [0.4, 0.5) is 10.1 Å². The van der Waals surface area contributed by atoms with Gasteiger partial charge in [-0.05, 0) is 56.0 Å². The molecule has 0 radical (unpaired) electrons. The van der Waals surface area contributed by atoms with E-state index >= 15 is 0 Å². The van der Waals surface area contributed by atoms with Crippen LogP contribution in [0.25, 0.3) is 22.3 Å². The number of fused-ring (bicyclic) bond motifs is 1. The van der Waals surface area contributed by atoms with E-state index in [1.54, 1.807) is 6.07 Å². The molecule has 0 bridgehead atoms. The summed E-state index contributed by atoms with van der Waals surface area (Å²) in [5.41, 5.74) is 7.06. The third kappa shape index (κ3) is 4.47. The first-order chi connectivity index (χ1) is 16.4. The predicted molar refractivity (Wildman–Crippen MR) is 135 cm³/mol. The van der Waals surface area contributed by atoms with Gasteiger partial charge in [-0.15, -0.1) is 0 Å². The molecule has 1 fully saturated rings. The SMILES string of the molecule is CNCc1c(-c2ccc(C)cc2)oc2cc(NCc3ccc(B(O)O)c(F)c3)c(C3CC3)cc12. The van der Waals surface area contributed by atoms with E-state index in [1.807, 2.05) is 7.05 Å². The highest BCUT2D eigenvalue weighted by Gasteiger charge is 2.28. The second-order valence-corrected chi connectivity index (χ2v) is 9.10. The number of benzene rings is 3. The molecule has 1 aliphatic rings. The van der Waals surface area contributed by atoms with Crippen molar-refractivity contribution in [1.82, 2.24) is 5.32 Å². The van der Waals surface area contributed by atoms with E-state index in [9.17, 15) is 14.4 Å². The largest absolute Gasteiger partial charge is 0.491 e. The van der Waals surface area contributed by atoms with Crippen molar-refractivity contribution in [1.29, 1.82) is 0 Å². The van der Waals surface area contributed by atoms with Crippen molar-refractivity contribution in [2.24, 2.45) is 0 Å². The van der Waals surface area contributed by atoms with Crippen LogP contribution >= 0.6 is 0 Å². The standard InChI is InChI=1S/C27H28BFN2O3/c1-16-3-6-19(7-4-16)27-22(15-30-2)21-12-20(18-8-9-18)25(13-26(21)34-27)31-14-17-5-10-23(28(32)33)24(29)11-17/h3-7,10-13,18,30-33H,8-9,14-15H2,1-2H3. The van der Waals surface area contributed by atoms with E-state index in [4.69, 9.17) is 4.42 Å². The minimum absolute atomic E-state index is 0.125. The van der Waals surface area contributed by atoms with Crippen molar-refractivity contribution in [3.8, 4) is 11.3 Å². The Balaban J connectivity index is 1.51. The molecule has 5 rings (SSSR count). The summed E-state index contributed by atoms with van der Waals surface area (Å²) in [5.74, 6) is 0.761. The van der Waals surface area contributed by atoms with Gasteiger partial charge in [0.2, 0.25) is 0 Å². The molecule has 4 N–H and O–H groups in total. The van der Waals surface area contributed by atoms with Crippen LogP contribution in [0.15, 0.2) is 59.0 Å². The molecular formula is C27H28BFN2O3. The lowest BCUT2D eigenvalue weighted by Crippen LogP contribution is -2.32. The first-order valence-corrected chi connectivity index (χ1v) is 11.6. The van der Waals surface area contributed by atoms with Crippen molar-refractivity contribution in [2.45, 2.75) is 38.8 Å². The molecule has 5 nitrogen and oxygen atoms in total. The predicted octanol–water partition coefficient (Wildman–Crippen LogP) is 4.44. The van der Waals surface area contributed by atoms with Crippen LogP contribution < -0.4 is 16.1 Å². The molecule has 1 heterocycles. The van der Waals surface area contributed by atoms with Gasteiger partial charge in [0.15, 0.2) is 0 Å². The molecule has 34 heavy (non-hydrogen) atoms. The topological polar surface area (TPSA) is 77.7 Å². The number of anilines is 1. The van der Waals surface area contributed by atoms with Crippen molar-refractivity contribution in [3.05, 3.63) is 82.7 Å². The Morgan fingerprint density at radius 1 is 1.03 bits per heavy atom. The first kappa shape index (κ1) is 22.7. The highest BCUT2D eigenvalue weighted by atomic mass is 19.1. The summed E-state index contributed by atoms with van der Waals surface area (Å²) in [4.78, 5) is 0. The van der Waals surface area contributed by atoms with Gasteiger partial charge >= 0.3 is 7.12 Å². The number of hydrogen-bond donors (Lipinski definition) is 4. The second-order valence-electron chi connectivity index (χ2n) is 9.10. The molecule has 1 aromatic heterocycles. The van der Waals surface area contributed by atoms with Gasteiger partial charge in [0.05, 0.1) is 0 Å². The molecule has 7 heteroatoms. The highest BCUT2D eigenvalue weighted by molar-refractivity contribution is 6.58. The van der Waals surface area contributed by atoms with Crippen LogP contribution in [0.1, 0.15) is 41.0 Å². The average molecular weight is 458 g/mol. The number of aryl methyl sites for hydroxylation is 1. The lowest BCUT2D eigenvalue weighted by molar-refractivity contribution is 0.423. The van der Waals surface area contributed by atoms with Gasteiger partial charge in [-0.25, -0.2) is 4.39 Å². The Morgan fingerprint density at radius 2 is 1.79 bits per heavy atom. The molecule has 0 spiro atoms. The zero-order chi connectivity index (χ0) is 23.8. The van der Waals surface area contributed by atoms with Crippen LogP contribution in [0, 0.1) is 12.7 Å². The molecule has 1 saturated carbocycles. The summed E-state index contributed by atoms with van der Waals surface area (Å²) in [6.07, 6.45) is 2.31. The number of hydrogen-bond acceptors (Lipinski definition) is 5. The minimum Gasteiger partial charge on any atom is -0.456 e. The third-order valence-electron chi connectivity index (χ3n) is 6.47. The highest BCUT2D eigenvalue weighted by Crippen LogP contribution is 2.46. The fourth-order valence-electron chi connectivity index (χ4n) is 4.47. The lowest BCUT2D eigenvalue weighted by atomic mass is 9.79. The molecule has 0 unspecified atom stereocenters. The van der Waals surface area contributed by atoms with E-state index in [0.29, 0.717) is 19.0 Å². The van der Waals surface area contributed by atoms with Crippen LogP contribution in [0.2, 0.25) is 0 Å². The molecular weight excluding hydrogens is 430 g/mol. The van der Waals surface area contributed by atoms with E-state index in [1.165, 1.54) is 23.3 Å². The normalized spacial score (nSPS) is 13.4. The molecule has 4 aromatic rings. The fraction of sp³-hybridized carbons (Fsp3) is 0.259. The summed E-state index contributed by atoms with van der Waals surface area (Å²) >= 11 is 0. The Labute approximate surface area is 198 Å². The van der Waals surface area contributed by atoms with Gasteiger partial charge in [-0.2, -0.15) is 0 Å². The molecule has 3 aromatic carbocycles. The molecule has 0 saturated heterocycles. The molecule has 0 aliphatic heterocycles. The first-order valence-electron chi connectivity index (χ1n) is 11.6. The van der Waals surface area contributed by atoms with E-state index in [2.05, 4.69) is 54.0 Å². The zero-order valence-electron chi connectivity index (χ0n) is 19.4. The maximum absolute atomic E-state index is 14.2. The van der Waals surface area contributed by atoms with Crippen LogP contribution in [0.5, 0.6) is 0 Å². The Bertz CT molecular complexity index is 1330. The maximum atomic E-state index is 14.2. The minimum atomic E-state index is -1.82. The number of nitrogens with one attached hydrogen (secondary N) is 2. The lowest BCUT2D eigenvalue weighted by Gasteiger charge is -2.13. The van der Waals surface area contributed by atoms with Gasteiger partial charge in [0.1, 0.15) is 17.2 Å². The molecule has 1 aliphatic carbocycles. The van der Waals surface area contributed by atoms with Crippen LogP contribution in [-0.4, -0.2) is 24.2 Å². The smallest absolute Gasteiger partial charge is 0.456 e. The summed E-state index contributed by atoms with van der Waals surface area (Å²) in [6.45, 7) is 3.19. The summed E-state index contributed by atoms with van der Waals surface area (Å²) < 4.78 is 20.6. The Hall–Kier alpha value is -3.13. The van der Waals surface area contributed by atoms with E-state index in [-0.39, 0.29) is 5.46 Å². The number of rotatable bonds is 8. The van der Waals surface area contributed by atoms with Crippen molar-refractivity contribution >= 4 is 29.2 Å². The molecule has 174 valence electrons. The summed E-state index contributed by atoms with van der Waals surface area (Å²) in [7, 11) is 0.120. The summed E-state index contributed by atoms with van der Waals surface area (Å²) in [5, 5.41) is 26.4. The zero-order valence-corrected chi connectivity index (χ0v) is 19.4. The van der Waals surface area contributed by atoms with Crippen molar-refractivity contribution < 1.29 is 18.9 Å². The van der Waals surface area contributed by atoms with Gasteiger partial charge in [-0.3, -0.25) is 0 Å². The Kier molecular flexibility index (Phi) is 6.17. The fourth-order valence-corrected chi connectivity index (χ4v) is 4.47. The van der Waals surface area contributed by atoms with Gasteiger partial charge in [-0.1, -0.05) is 42.0 Å². The second kappa shape index (κ2) is 9.26. The van der Waals surface area contributed by atoms with Crippen molar-refractivity contribution in [2.75, 3.05) is 12.4 Å². The number of halogens is 1. The van der Waals surface area contributed by atoms with Crippen LogP contribution in [-0.2, 0) is 13.1 Å². The van der Waals surface area contributed by atoms with Gasteiger partial charge in [0, 0.05) is 46.8 Å². The molecule has 0 atom stereocenters. The quantitative estimate of drug-likeness (QED) is 0.294. The van der Waals surface area contributed by atoms with Gasteiger partial charge < -0.3 is 25.1 Å².